The Labute approximate surface area is 98.6 Å². The van der Waals surface area contributed by atoms with Crippen molar-refractivity contribution < 1.29 is 9.53 Å². The monoisotopic (exact) mass is 251 g/mol. The van der Waals surface area contributed by atoms with Crippen molar-refractivity contribution in [3.8, 4) is 0 Å². The summed E-state index contributed by atoms with van der Waals surface area (Å²) in [6, 6.07) is 0. The first-order valence-corrected chi connectivity index (χ1v) is 5.02. The van der Waals surface area contributed by atoms with E-state index < -0.39 is 0 Å². The fourth-order valence-corrected chi connectivity index (χ4v) is 1.61. The van der Waals surface area contributed by atoms with Gasteiger partial charge in [0.1, 0.15) is 0 Å². The van der Waals surface area contributed by atoms with Gasteiger partial charge in [-0.05, 0) is 7.05 Å². The number of anilines is 1. The van der Waals surface area contributed by atoms with Crippen LogP contribution in [0.2, 0.25) is 0 Å². The van der Waals surface area contributed by atoms with Gasteiger partial charge in [-0.3, -0.25) is 4.79 Å². The number of thiazole rings is 1. The van der Waals surface area contributed by atoms with Gasteiger partial charge in [0.2, 0.25) is 5.91 Å². The Morgan fingerprint density at radius 1 is 1.67 bits per heavy atom. The Morgan fingerprint density at radius 2 is 2.40 bits per heavy atom. The Hall–Kier alpha value is -0.690. The molecule has 0 unspecified atom stereocenters. The average Bonchev–Trinajstić information content (AvgIpc) is 2.53. The number of hydrogen-bond donors (Lipinski definition) is 2. The number of hydrogen-bond acceptors (Lipinski definition) is 5. The van der Waals surface area contributed by atoms with Crippen molar-refractivity contribution in [3.05, 3.63) is 11.1 Å². The minimum absolute atomic E-state index is 0. The van der Waals surface area contributed by atoms with Crippen molar-refractivity contribution in [3.63, 3.8) is 0 Å². The highest BCUT2D eigenvalue weighted by atomic mass is 35.5. The average molecular weight is 252 g/mol. The van der Waals surface area contributed by atoms with Gasteiger partial charge in [0, 0.05) is 12.5 Å². The maximum absolute atomic E-state index is 11.1. The predicted octanol–water partition coefficient (Wildman–Crippen LogP) is 0.869. The molecule has 0 fully saturated rings. The van der Waals surface area contributed by atoms with Crippen LogP contribution in [0.5, 0.6) is 0 Å². The number of amides is 1. The second-order valence-corrected chi connectivity index (χ2v) is 3.51. The van der Waals surface area contributed by atoms with E-state index in [9.17, 15) is 4.79 Å². The number of ether oxygens (including phenoxy) is 1. The molecule has 0 aromatic carbocycles. The molecule has 0 bridgehead atoms. The third-order valence-corrected chi connectivity index (χ3v) is 2.23. The molecule has 0 aliphatic carbocycles. The van der Waals surface area contributed by atoms with Gasteiger partial charge in [-0.1, -0.05) is 0 Å². The van der Waals surface area contributed by atoms with Crippen molar-refractivity contribution >= 4 is 34.8 Å². The number of methoxy groups -OCH3 is 1. The van der Waals surface area contributed by atoms with E-state index in [2.05, 4.69) is 15.6 Å². The second-order valence-electron chi connectivity index (χ2n) is 2.66. The van der Waals surface area contributed by atoms with Crippen LogP contribution in [0.15, 0.2) is 5.38 Å². The van der Waals surface area contributed by atoms with Crippen molar-refractivity contribution in [2.75, 3.05) is 26.0 Å². The molecule has 15 heavy (non-hydrogen) atoms. The summed E-state index contributed by atoms with van der Waals surface area (Å²) in [7, 11) is 3.33. The number of aromatic nitrogens is 1. The van der Waals surface area contributed by atoms with Gasteiger partial charge in [-0.25, -0.2) is 4.98 Å². The Morgan fingerprint density at radius 3 is 3.00 bits per heavy atom. The first kappa shape index (κ1) is 14.3. The van der Waals surface area contributed by atoms with Gasteiger partial charge in [-0.15, -0.1) is 23.7 Å². The minimum atomic E-state index is -0.0918. The SMILES string of the molecule is CNCC(=O)Nc1nc(COC)cs1.Cl. The van der Waals surface area contributed by atoms with Crippen molar-refractivity contribution in [2.24, 2.45) is 0 Å². The highest BCUT2D eigenvalue weighted by molar-refractivity contribution is 7.13. The van der Waals surface area contributed by atoms with Crippen LogP contribution < -0.4 is 10.6 Å². The zero-order chi connectivity index (χ0) is 10.4. The summed E-state index contributed by atoms with van der Waals surface area (Å²) in [5.41, 5.74) is 0.831. The van der Waals surface area contributed by atoms with Crippen LogP contribution in [0.3, 0.4) is 0 Å². The van der Waals surface area contributed by atoms with Crippen LogP contribution in [0, 0.1) is 0 Å². The maximum Gasteiger partial charge on any atom is 0.240 e. The smallest absolute Gasteiger partial charge is 0.240 e. The molecule has 7 heteroatoms. The fourth-order valence-electron chi connectivity index (χ4n) is 0.903. The van der Waals surface area contributed by atoms with E-state index in [0.29, 0.717) is 18.3 Å². The minimum Gasteiger partial charge on any atom is -0.378 e. The quantitative estimate of drug-likeness (QED) is 0.815. The van der Waals surface area contributed by atoms with Gasteiger partial charge < -0.3 is 15.4 Å². The first-order valence-electron chi connectivity index (χ1n) is 4.14. The largest absolute Gasteiger partial charge is 0.378 e. The van der Waals surface area contributed by atoms with E-state index in [1.165, 1.54) is 11.3 Å². The molecule has 2 N–H and O–H groups in total. The van der Waals surface area contributed by atoms with E-state index in [1.54, 1.807) is 14.2 Å². The Bertz CT molecular complexity index is 306. The molecular formula is C8H14ClN3O2S. The van der Waals surface area contributed by atoms with Crippen LogP contribution in [-0.4, -0.2) is 31.6 Å². The second kappa shape index (κ2) is 7.58. The van der Waals surface area contributed by atoms with E-state index in [4.69, 9.17) is 4.74 Å². The van der Waals surface area contributed by atoms with Crippen molar-refractivity contribution in [1.82, 2.24) is 10.3 Å². The zero-order valence-corrected chi connectivity index (χ0v) is 10.2. The molecule has 0 saturated carbocycles. The molecular weight excluding hydrogens is 238 g/mol. The van der Waals surface area contributed by atoms with Crippen LogP contribution in [0.4, 0.5) is 5.13 Å². The molecule has 5 nitrogen and oxygen atoms in total. The van der Waals surface area contributed by atoms with Crippen molar-refractivity contribution in [2.45, 2.75) is 6.61 Å². The van der Waals surface area contributed by atoms with Crippen LogP contribution >= 0.6 is 23.7 Å². The van der Waals surface area contributed by atoms with E-state index in [0.717, 1.165) is 5.69 Å². The van der Waals surface area contributed by atoms with Gasteiger partial charge in [0.25, 0.3) is 0 Å². The predicted molar refractivity (Wildman–Crippen MR) is 62.6 cm³/mol. The van der Waals surface area contributed by atoms with Gasteiger partial charge in [0.15, 0.2) is 5.13 Å². The molecule has 0 spiro atoms. The first-order chi connectivity index (χ1) is 6.76. The number of nitrogens with zero attached hydrogens (tertiary/aromatic N) is 1. The number of rotatable bonds is 5. The maximum atomic E-state index is 11.1. The molecule has 0 atom stereocenters. The summed E-state index contributed by atoms with van der Waals surface area (Å²) < 4.78 is 4.91. The highest BCUT2D eigenvalue weighted by Crippen LogP contribution is 2.15. The summed E-state index contributed by atoms with van der Waals surface area (Å²) in [6.07, 6.45) is 0. The lowest BCUT2D eigenvalue weighted by molar-refractivity contribution is -0.115. The van der Waals surface area contributed by atoms with E-state index >= 15 is 0 Å². The molecule has 1 aromatic rings. The molecule has 1 amide bonds. The number of likely N-dealkylation sites (N-methyl/N-ethyl adjacent to an activating group) is 1. The van der Waals surface area contributed by atoms with Crippen LogP contribution in [0.25, 0.3) is 0 Å². The third-order valence-electron chi connectivity index (χ3n) is 1.43. The fraction of sp³-hybridized carbons (Fsp3) is 0.500. The molecule has 0 aliphatic heterocycles. The van der Waals surface area contributed by atoms with Gasteiger partial charge in [0.05, 0.1) is 18.8 Å². The van der Waals surface area contributed by atoms with Crippen LogP contribution in [0.1, 0.15) is 5.69 Å². The molecule has 0 aliphatic rings. The topological polar surface area (TPSA) is 63.2 Å². The van der Waals surface area contributed by atoms with Crippen LogP contribution in [-0.2, 0) is 16.1 Å². The third kappa shape index (κ3) is 5.08. The Kier molecular flexibility index (Phi) is 7.23. The number of halogens is 1. The summed E-state index contributed by atoms with van der Waals surface area (Å²) >= 11 is 1.39. The van der Waals surface area contributed by atoms with Gasteiger partial charge >= 0.3 is 0 Å². The van der Waals surface area contributed by atoms with E-state index in [1.807, 2.05) is 5.38 Å². The standard InChI is InChI=1S/C8H13N3O2S.ClH/c1-9-3-7(12)11-8-10-6(4-13-2)5-14-8;/h5,9H,3-4H2,1-2H3,(H,10,11,12);1H. The molecule has 1 rings (SSSR count). The number of carbonyl (C=O) groups excluding carboxylic acids is 1. The van der Waals surface area contributed by atoms with Gasteiger partial charge in [-0.2, -0.15) is 0 Å². The lowest BCUT2D eigenvalue weighted by Gasteiger charge is -1.99. The summed E-state index contributed by atoms with van der Waals surface area (Å²) in [4.78, 5) is 15.3. The lowest BCUT2D eigenvalue weighted by Crippen LogP contribution is -2.24. The Balaban J connectivity index is 0.00000196. The van der Waals surface area contributed by atoms with E-state index in [-0.39, 0.29) is 18.3 Å². The zero-order valence-electron chi connectivity index (χ0n) is 8.57. The lowest BCUT2D eigenvalue weighted by atomic mass is 10.5. The van der Waals surface area contributed by atoms with Crippen molar-refractivity contribution in [1.29, 1.82) is 0 Å². The summed E-state index contributed by atoms with van der Waals surface area (Å²) in [6.45, 7) is 0.761. The molecule has 0 saturated heterocycles. The molecule has 0 radical (unpaired) electrons. The highest BCUT2D eigenvalue weighted by Gasteiger charge is 2.04. The normalized spacial score (nSPS) is 9.47. The summed E-state index contributed by atoms with van der Waals surface area (Å²) in [5.74, 6) is -0.0918. The molecule has 86 valence electrons. The number of carbonyl (C=O) groups is 1. The molecule has 1 aromatic heterocycles. The number of nitrogens with one attached hydrogen (secondary N) is 2. The molecule has 1 heterocycles. The summed E-state index contributed by atoms with van der Waals surface area (Å²) in [5, 5.41) is 7.90.